The van der Waals surface area contributed by atoms with Crippen molar-refractivity contribution in [1.82, 2.24) is 9.88 Å². The number of aromatic carboxylic acids is 1. The molecule has 0 radical (unpaired) electrons. The Labute approximate surface area is 121 Å². The van der Waals surface area contributed by atoms with E-state index < -0.39 is 5.97 Å². The van der Waals surface area contributed by atoms with Crippen LogP contribution >= 0.6 is 0 Å². The minimum atomic E-state index is -1.06. The number of carbonyl (C=O) groups is 2. The molecule has 1 N–H and O–H groups in total. The van der Waals surface area contributed by atoms with Crippen molar-refractivity contribution < 1.29 is 23.5 Å². The lowest BCUT2D eigenvalue weighted by molar-refractivity contribution is 0.0693. The second kappa shape index (κ2) is 5.43. The lowest BCUT2D eigenvalue weighted by Crippen LogP contribution is -2.26. The largest absolute Gasteiger partial charge is 0.478 e. The number of carbonyl (C=O) groups excluding carboxylic acids is 1. The molecule has 21 heavy (non-hydrogen) atoms. The summed E-state index contributed by atoms with van der Waals surface area (Å²) in [6.07, 6.45) is 0. The first-order valence-electron chi connectivity index (χ1n) is 6.31. The molecular weight excluding hydrogens is 276 g/mol. The van der Waals surface area contributed by atoms with Crippen LogP contribution in [0, 0.1) is 20.8 Å². The molecule has 2 rings (SSSR count). The number of rotatable bonds is 4. The minimum absolute atomic E-state index is 0.0949. The van der Waals surface area contributed by atoms with Crippen molar-refractivity contribution in [3.63, 3.8) is 0 Å². The zero-order valence-electron chi connectivity index (χ0n) is 12.3. The first-order chi connectivity index (χ1) is 9.79. The molecule has 0 atom stereocenters. The highest BCUT2D eigenvalue weighted by Gasteiger charge is 2.22. The quantitative estimate of drug-likeness (QED) is 0.927. The van der Waals surface area contributed by atoms with Crippen LogP contribution in [0.25, 0.3) is 0 Å². The number of hydrogen-bond donors (Lipinski definition) is 1. The van der Waals surface area contributed by atoms with Gasteiger partial charge in [0.2, 0.25) is 5.76 Å². The minimum Gasteiger partial charge on any atom is -0.478 e. The Balaban J connectivity index is 2.16. The first-order valence-corrected chi connectivity index (χ1v) is 6.31. The van der Waals surface area contributed by atoms with Gasteiger partial charge in [-0.1, -0.05) is 0 Å². The van der Waals surface area contributed by atoms with Gasteiger partial charge in [-0.3, -0.25) is 4.79 Å². The molecule has 7 heteroatoms. The van der Waals surface area contributed by atoms with E-state index in [1.54, 1.807) is 27.8 Å². The monoisotopic (exact) mass is 292 g/mol. The normalized spacial score (nSPS) is 10.7. The molecule has 0 bridgehead atoms. The summed E-state index contributed by atoms with van der Waals surface area (Å²) in [5, 5.41) is 8.98. The van der Waals surface area contributed by atoms with E-state index in [1.807, 2.05) is 0 Å². The van der Waals surface area contributed by atoms with Gasteiger partial charge in [-0.2, -0.15) is 0 Å². The Morgan fingerprint density at radius 3 is 2.43 bits per heavy atom. The van der Waals surface area contributed by atoms with Gasteiger partial charge in [0.15, 0.2) is 5.89 Å². The van der Waals surface area contributed by atoms with Gasteiger partial charge in [0.25, 0.3) is 5.91 Å². The zero-order chi connectivity index (χ0) is 15.7. The van der Waals surface area contributed by atoms with E-state index in [0.717, 1.165) is 0 Å². The maximum absolute atomic E-state index is 12.2. The van der Waals surface area contributed by atoms with Crippen LogP contribution in [0.5, 0.6) is 0 Å². The summed E-state index contributed by atoms with van der Waals surface area (Å²) in [7, 11) is 1.58. The Morgan fingerprint density at radius 2 is 1.95 bits per heavy atom. The van der Waals surface area contributed by atoms with E-state index in [0.29, 0.717) is 23.1 Å². The van der Waals surface area contributed by atoms with Crippen molar-refractivity contribution in [1.29, 1.82) is 0 Å². The van der Waals surface area contributed by atoms with Gasteiger partial charge in [-0.15, -0.1) is 0 Å². The lowest BCUT2D eigenvalue weighted by atomic mass is 10.2. The highest BCUT2D eigenvalue weighted by atomic mass is 16.4. The van der Waals surface area contributed by atoms with Gasteiger partial charge in [0.05, 0.1) is 12.2 Å². The summed E-state index contributed by atoms with van der Waals surface area (Å²) < 4.78 is 10.6. The number of carboxylic acid groups (broad SMARTS) is 1. The van der Waals surface area contributed by atoms with Crippen LogP contribution in [0.1, 0.15) is 44.0 Å². The average molecular weight is 292 g/mol. The summed E-state index contributed by atoms with van der Waals surface area (Å²) in [5.41, 5.74) is 0.615. The van der Waals surface area contributed by atoms with Crippen LogP contribution in [-0.4, -0.2) is 33.9 Å². The van der Waals surface area contributed by atoms with E-state index in [1.165, 1.54) is 11.0 Å². The lowest BCUT2D eigenvalue weighted by Gasteiger charge is -2.14. The molecule has 112 valence electrons. The van der Waals surface area contributed by atoms with Gasteiger partial charge >= 0.3 is 5.97 Å². The van der Waals surface area contributed by atoms with Crippen molar-refractivity contribution in [2.24, 2.45) is 0 Å². The van der Waals surface area contributed by atoms with Gasteiger partial charge in [-0.05, 0) is 19.9 Å². The predicted molar refractivity (Wildman–Crippen MR) is 72.2 cm³/mol. The molecule has 0 fully saturated rings. The Morgan fingerprint density at radius 1 is 1.29 bits per heavy atom. The van der Waals surface area contributed by atoms with E-state index in [-0.39, 0.29) is 23.8 Å². The molecule has 2 aromatic heterocycles. The van der Waals surface area contributed by atoms with Crippen LogP contribution in [0.3, 0.4) is 0 Å². The van der Waals surface area contributed by atoms with Crippen LogP contribution in [0.15, 0.2) is 14.9 Å². The third-order valence-electron chi connectivity index (χ3n) is 3.04. The number of furan rings is 1. The van der Waals surface area contributed by atoms with Crippen molar-refractivity contribution >= 4 is 11.9 Å². The second-order valence-corrected chi connectivity index (χ2v) is 4.80. The topological polar surface area (TPSA) is 96.8 Å². The highest BCUT2D eigenvalue weighted by Crippen LogP contribution is 2.18. The molecule has 7 nitrogen and oxygen atoms in total. The standard InChI is InChI=1S/C14H16N2O5/c1-7-12(21-9(3)15-7)13(17)16(4)6-10-5-11(14(18)19)8(2)20-10/h5H,6H2,1-4H3,(H,18,19). The number of nitrogens with zero attached hydrogens (tertiary/aromatic N) is 2. The Hall–Kier alpha value is -2.57. The van der Waals surface area contributed by atoms with Crippen molar-refractivity contribution in [2.75, 3.05) is 7.05 Å². The summed E-state index contributed by atoms with van der Waals surface area (Å²) in [5.74, 6) is -0.0834. The summed E-state index contributed by atoms with van der Waals surface area (Å²) in [4.78, 5) is 28.6. The number of carboxylic acids is 1. The van der Waals surface area contributed by atoms with Crippen LogP contribution < -0.4 is 0 Å². The van der Waals surface area contributed by atoms with Crippen LogP contribution in [0.2, 0.25) is 0 Å². The fourth-order valence-electron chi connectivity index (χ4n) is 2.04. The molecule has 0 aliphatic heterocycles. The first kappa shape index (κ1) is 14.8. The van der Waals surface area contributed by atoms with Gasteiger partial charge in [0, 0.05) is 14.0 Å². The van der Waals surface area contributed by atoms with Crippen molar-refractivity contribution in [3.8, 4) is 0 Å². The number of hydrogen-bond acceptors (Lipinski definition) is 5. The second-order valence-electron chi connectivity index (χ2n) is 4.80. The number of oxazole rings is 1. The van der Waals surface area contributed by atoms with Crippen LogP contribution in [0.4, 0.5) is 0 Å². The Bertz CT molecular complexity index is 698. The molecule has 0 unspecified atom stereocenters. The molecule has 2 aromatic rings. The van der Waals surface area contributed by atoms with Gasteiger partial charge < -0.3 is 18.8 Å². The molecule has 0 spiro atoms. The molecular formula is C14H16N2O5. The molecule has 0 saturated heterocycles. The number of aryl methyl sites for hydroxylation is 3. The predicted octanol–water partition coefficient (Wildman–Crippen LogP) is 2.16. The smallest absolute Gasteiger partial charge is 0.339 e. The molecule has 2 heterocycles. The molecule has 0 saturated carbocycles. The molecule has 0 aliphatic rings. The molecule has 1 amide bonds. The highest BCUT2D eigenvalue weighted by molar-refractivity contribution is 5.92. The maximum Gasteiger partial charge on any atom is 0.339 e. The van der Waals surface area contributed by atoms with Crippen molar-refractivity contribution in [3.05, 3.63) is 40.5 Å². The Kier molecular flexibility index (Phi) is 3.84. The van der Waals surface area contributed by atoms with E-state index in [9.17, 15) is 9.59 Å². The van der Waals surface area contributed by atoms with Crippen LogP contribution in [-0.2, 0) is 6.54 Å². The van der Waals surface area contributed by atoms with Gasteiger partial charge in [-0.25, -0.2) is 9.78 Å². The average Bonchev–Trinajstić information content (AvgIpc) is 2.91. The fraction of sp³-hybridized carbons (Fsp3) is 0.357. The summed E-state index contributed by atoms with van der Waals surface area (Å²) in [6, 6.07) is 1.42. The van der Waals surface area contributed by atoms with Gasteiger partial charge in [0.1, 0.15) is 17.1 Å². The van der Waals surface area contributed by atoms with E-state index >= 15 is 0 Å². The SMILES string of the molecule is Cc1nc(C)c(C(=O)N(C)Cc2cc(C(=O)O)c(C)o2)o1. The van der Waals surface area contributed by atoms with E-state index in [2.05, 4.69) is 4.98 Å². The summed E-state index contributed by atoms with van der Waals surface area (Å²) >= 11 is 0. The maximum atomic E-state index is 12.2. The number of amides is 1. The third-order valence-corrected chi connectivity index (χ3v) is 3.04. The zero-order valence-corrected chi connectivity index (χ0v) is 12.3. The molecule has 0 aromatic carbocycles. The summed E-state index contributed by atoms with van der Waals surface area (Å²) in [6.45, 7) is 5.07. The number of aromatic nitrogens is 1. The fourth-order valence-corrected chi connectivity index (χ4v) is 2.04. The van der Waals surface area contributed by atoms with E-state index in [4.69, 9.17) is 13.9 Å². The van der Waals surface area contributed by atoms with Crippen molar-refractivity contribution in [2.45, 2.75) is 27.3 Å². The third kappa shape index (κ3) is 2.96. The molecule has 0 aliphatic carbocycles.